The molecule has 0 aliphatic rings. The van der Waals surface area contributed by atoms with Crippen molar-refractivity contribution in [1.82, 2.24) is 4.98 Å². The quantitative estimate of drug-likeness (QED) is 0.791. The largest absolute Gasteiger partial charge is 0.456 e. The smallest absolute Gasteiger partial charge is 0.142 e. The Morgan fingerprint density at radius 1 is 1.19 bits per heavy atom. The molecular weight excluding hydrogens is 267 g/mol. The van der Waals surface area contributed by atoms with Crippen LogP contribution >= 0.6 is 0 Å². The number of rotatable bonds is 3. The zero-order chi connectivity index (χ0) is 14.8. The van der Waals surface area contributed by atoms with Gasteiger partial charge in [-0.25, -0.2) is 4.39 Å². The monoisotopic (exact) mass is 282 g/mol. The first-order chi connectivity index (χ1) is 10.2. The fourth-order valence-corrected chi connectivity index (χ4v) is 2.22. The molecule has 0 aliphatic carbocycles. The SMILES string of the molecule is Cc1ccc(F)cc1Oc1c(CN)cnc2ccccc12. The van der Waals surface area contributed by atoms with Gasteiger partial charge in [-0.1, -0.05) is 18.2 Å². The molecule has 0 amide bonds. The second kappa shape index (κ2) is 5.50. The Bertz CT molecular complexity index is 802. The summed E-state index contributed by atoms with van der Waals surface area (Å²) in [7, 11) is 0. The molecule has 3 aromatic rings. The van der Waals surface area contributed by atoms with Crippen LogP contribution in [0.4, 0.5) is 4.39 Å². The molecule has 0 bridgehead atoms. The molecule has 0 atom stereocenters. The molecule has 3 nitrogen and oxygen atoms in total. The number of aryl methyl sites for hydroxylation is 1. The molecule has 1 heterocycles. The highest BCUT2D eigenvalue weighted by molar-refractivity contribution is 5.86. The maximum absolute atomic E-state index is 13.4. The molecule has 0 radical (unpaired) electrons. The lowest BCUT2D eigenvalue weighted by Crippen LogP contribution is -2.02. The van der Waals surface area contributed by atoms with Crippen LogP contribution in [0, 0.1) is 12.7 Å². The average molecular weight is 282 g/mol. The number of aromatic nitrogens is 1. The van der Waals surface area contributed by atoms with Gasteiger partial charge in [0.25, 0.3) is 0 Å². The summed E-state index contributed by atoms with van der Waals surface area (Å²) in [6, 6.07) is 12.1. The molecule has 2 N–H and O–H groups in total. The van der Waals surface area contributed by atoms with Gasteiger partial charge in [-0.15, -0.1) is 0 Å². The van der Waals surface area contributed by atoms with Crippen LogP contribution in [-0.2, 0) is 6.54 Å². The van der Waals surface area contributed by atoms with Crippen molar-refractivity contribution in [3.05, 3.63) is 65.6 Å². The first kappa shape index (κ1) is 13.5. The van der Waals surface area contributed by atoms with Crippen LogP contribution < -0.4 is 10.5 Å². The molecule has 0 fully saturated rings. The first-order valence-electron chi connectivity index (χ1n) is 6.69. The van der Waals surface area contributed by atoms with Gasteiger partial charge in [-0.3, -0.25) is 4.98 Å². The maximum atomic E-state index is 13.4. The number of ether oxygens (including phenoxy) is 1. The van der Waals surface area contributed by atoms with Gasteiger partial charge in [0.1, 0.15) is 17.3 Å². The Morgan fingerprint density at radius 3 is 2.81 bits per heavy atom. The standard InChI is InChI=1S/C17H15FN2O/c1-11-6-7-13(18)8-16(11)21-17-12(9-19)10-20-15-5-3-2-4-14(15)17/h2-8,10H,9,19H2,1H3. The molecule has 106 valence electrons. The number of nitrogens with zero attached hydrogens (tertiary/aromatic N) is 1. The summed E-state index contributed by atoms with van der Waals surface area (Å²) in [6.07, 6.45) is 1.70. The molecule has 2 aromatic carbocycles. The van der Waals surface area contributed by atoms with Gasteiger partial charge in [-0.05, 0) is 30.7 Å². The zero-order valence-electron chi connectivity index (χ0n) is 11.6. The van der Waals surface area contributed by atoms with E-state index in [1.807, 2.05) is 31.2 Å². The van der Waals surface area contributed by atoms with E-state index in [-0.39, 0.29) is 5.82 Å². The predicted octanol–water partition coefficient (Wildman–Crippen LogP) is 3.93. The van der Waals surface area contributed by atoms with E-state index in [1.54, 1.807) is 12.3 Å². The number of pyridine rings is 1. The summed E-state index contributed by atoms with van der Waals surface area (Å²) < 4.78 is 19.4. The predicted molar refractivity (Wildman–Crippen MR) is 80.8 cm³/mol. The molecule has 0 unspecified atom stereocenters. The van der Waals surface area contributed by atoms with E-state index in [1.165, 1.54) is 12.1 Å². The second-order valence-electron chi connectivity index (χ2n) is 4.85. The molecule has 0 saturated heterocycles. The maximum Gasteiger partial charge on any atom is 0.142 e. The van der Waals surface area contributed by atoms with E-state index < -0.39 is 0 Å². The number of hydrogen-bond donors (Lipinski definition) is 1. The summed E-state index contributed by atoms with van der Waals surface area (Å²) in [5.74, 6) is 0.793. The minimum atomic E-state index is -0.330. The summed E-state index contributed by atoms with van der Waals surface area (Å²) in [5.41, 5.74) is 8.24. The van der Waals surface area contributed by atoms with E-state index in [2.05, 4.69) is 4.98 Å². The summed E-state index contributed by atoms with van der Waals surface area (Å²) in [4.78, 5) is 4.36. The van der Waals surface area contributed by atoms with Crippen molar-refractivity contribution in [1.29, 1.82) is 0 Å². The third-order valence-corrected chi connectivity index (χ3v) is 3.38. The molecule has 21 heavy (non-hydrogen) atoms. The highest BCUT2D eigenvalue weighted by Gasteiger charge is 2.12. The number of hydrogen-bond acceptors (Lipinski definition) is 3. The first-order valence-corrected chi connectivity index (χ1v) is 6.69. The minimum absolute atomic E-state index is 0.307. The number of fused-ring (bicyclic) bond motifs is 1. The van der Waals surface area contributed by atoms with E-state index in [0.29, 0.717) is 18.0 Å². The van der Waals surface area contributed by atoms with Crippen molar-refractivity contribution in [2.45, 2.75) is 13.5 Å². The fourth-order valence-electron chi connectivity index (χ4n) is 2.22. The molecule has 0 saturated carbocycles. The highest BCUT2D eigenvalue weighted by Crippen LogP contribution is 2.33. The van der Waals surface area contributed by atoms with Crippen LogP contribution in [0.3, 0.4) is 0 Å². The van der Waals surface area contributed by atoms with Crippen molar-refractivity contribution in [2.75, 3.05) is 0 Å². The lowest BCUT2D eigenvalue weighted by molar-refractivity contribution is 0.472. The van der Waals surface area contributed by atoms with Gasteiger partial charge in [-0.2, -0.15) is 0 Å². The summed E-state index contributed by atoms with van der Waals surface area (Å²) in [6.45, 7) is 2.18. The number of halogens is 1. The van der Waals surface area contributed by atoms with Gasteiger partial charge in [0.2, 0.25) is 0 Å². The van der Waals surface area contributed by atoms with Gasteiger partial charge < -0.3 is 10.5 Å². The third kappa shape index (κ3) is 2.58. The van der Waals surface area contributed by atoms with Crippen LogP contribution in [-0.4, -0.2) is 4.98 Å². The average Bonchev–Trinajstić information content (AvgIpc) is 2.51. The fraction of sp³-hybridized carbons (Fsp3) is 0.118. The van der Waals surface area contributed by atoms with Crippen LogP contribution in [0.2, 0.25) is 0 Å². The Balaban J connectivity index is 2.16. The number of para-hydroxylation sites is 1. The molecule has 4 heteroatoms. The van der Waals surface area contributed by atoms with Crippen molar-refractivity contribution < 1.29 is 9.13 Å². The molecule has 3 rings (SSSR count). The van der Waals surface area contributed by atoms with Crippen LogP contribution in [0.15, 0.2) is 48.7 Å². The van der Waals surface area contributed by atoms with Gasteiger partial charge in [0.15, 0.2) is 0 Å². The van der Waals surface area contributed by atoms with Crippen LogP contribution in [0.1, 0.15) is 11.1 Å². The Labute approximate surface area is 122 Å². The Morgan fingerprint density at radius 2 is 2.00 bits per heavy atom. The van der Waals surface area contributed by atoms with Gasteiger partial charge >= 0.3 is 0 Å². The molecule has 1 aromatic heterocycles. The summed E-state index contributed by atoms with van der Waals surface area (Å²) >= 11 is 0. The number of benzene rings is 2. The second-order valence-corrected chi connectivity index (χ2v) is 4.85. The van der Waals surface area contributed by atoms with E-state index >= 15 is 0 Å². The third-order valence-electron chi connectivity index (χ3n) is 3.38. The highest BCUT2D eigenvalue weighted by atomic mass is 19.1. The van der Waals surface area contributed by atoms with Crippen LogP contribution in [0.25, 0.3) is 10.9 Å². The molecule has 0 spiro atoms. The Kier molecular flexibility index (Phi) is 3.54. The summed E-state index contributed by atoms with van der Waals surface area (Å²) in [5, 5.41) is 0.865. The van der Waals surface area contributed by atoms with Crippen molar-refractivity contribution in [3.8, 4) is 11.5 Å². The number of nitrogens with two attached hydrogens (primary N) is 1. The minimum Gasteiger partial charge on any atom is -0.456 e. The lowest BCUT2D eigenvalue weighted by Gasteiger charge is -2.14. The molecular formula is C17H15FN2O. The van der Waals surface area contributed by atoms with Crippen LogP contribution in [0.5, 0.6) is 11.5 Å². The van der Waals surface area contributed by atoms with Crippen molar-refractivity contribution in [3.63, 3.8) is 0 Å². The Hall–Kier alpha value is -2.46. The topological polar surface area (TPSA) is 48.1 Å². The van der Waals surface area contributed by atoms with Crippen molar-refractivity contribution in [2.24, 2.45) is 5.73 Å². The van der Waals surface area contributed by atoms with E-state index in [4.69, 9.17) is 10.5 Å². The zero-order valence-corrected chi connectivity index (χ0v) is 11.6. The lowest BCUT2D eigenvalue weighted by atomic mass is 10.1. The normalized spacial score (nSPS) is 10.8. The van der Waals surface area contributed by atoms with Crippen molar-refractivity contribution >= 4 is 10.9 Å². The van der Waals surface area contributed by atoms with Gasteiger partial charge in [0.05, 0.1) is 5.52 Å². The van der Waals surface area contributed by atoms with E-state index in [9.17, 15) is 4.39 Å². The van der Waals surface area contributed by atoms with Gasteiger partial charge in [0, 0.05) is 29.8 Å². The molecule has 0 aliphatic heterocycles. The van der Waals surface area contributed by atoms with E-state index in [0.717, 1.165) is 22.0 Å².